The lowest BCUT2D eigenvalue weighted by Gasteiger charge is -2.12. The molecule has 0 fully saturated rings. The molecule has 0 aliphatic carbocycles. The smallest absolute Gasteiger partial charge is 0.275 e. The van der Waals surface area contributed by atoms with Gasteiger partial charge >= 0.3 is 0 Å². The predicted molar refractivity (Wildman–Crippen MR) is 102 cm³/mol. The Bertz CT molecular complexity index is 950. The molecule has 1 aromatic carbocycles. The third-order valence-corrected chi connectivity index (χ3v) is 4.65. The lowest BCUT2D eigenvalue weighted by atomic mass is 10.1. The molecule has 0 unspecified atom stereocenters. The van der Waals surface area contributed by atoms with Crippen LogP contribution in [0.2, 0.25) is 20.1 Å². The van der Waals surface area contributed by atoms with Gasteiger partial charge in [0.05, 0.1) is 25.8 Å². The molecule has 2 aromatic heterocycles. The summed E-state index contributed by atoms with van der Waals surface area (Å²) in [6.45, 7) is 1.60. The number of nitrogens with zero attached hydrogens (tertiary/aromatic N) is 2. The number of benzene rings is 1. The molecule has 0 aliphatic heterocycles. The quantitative estimate of drug-likeness (QED) is 0.539. The van der Waals surface area contributed by atoms with Crippen LogP contribution in [0.1, 0.15) is 16.1 Å². The molecule has 0 atom stereocenters. The van der Waals surface area contributed by atoms with Crippen molar-refractivity contribution >= 4 is 58.0 Å². The molecule has 0 spiro atoms. The zero-order valence-corrected chi connectivity index (χ0v) is 16.1. The van der Waals surface area contributed by atoms with Crippen LogP contribution in [0.15, 0.2) is 35.1 Å². The summed E-state index contributed by atoms with van der Waals surface area (Å²) in [5.74, 6) is -0.235. The molecule has 134 valence electrons. The highest BCUT2D eigenvalue weighted by Crippen LogP contribution is 2.36. The van der Waals surface area contributed by atoms with E-state index in [1.165, 1.54) is 12.4 Å². The van der Waals surface area contributed by atoms with Gasteiger partial charge in [0.15, 0.2) is 0 Å². The van der Waals surface area contributed by atoms with Crippen LogP contribution < -0.4 is 10.9 Å². The van der Waals surface area contributed by atoms with Crippen molar-refractivity contribution < 1.29 is 9.32 Å². The van der Waals surface area contributed by atoms with Crippen molar-refractivity contribution in [2.45, 2.75) is 6.92 Å². The number of halogens is 4. The van der Waals surface area contributed by atoms with Crippen LogP contribution >= 0.6 is 46.4 Å². The summed E-state index contributed by atoms with van der Waals surface area (Å²) in [5.41, 5.74) is 6.28. The average molecular weight is 432 g/mol. The third-order valence-electron chi connectivity index (χ3n) is 3.44. The zero-order valence-electron chi connectivity index (χ0n) is 13.1. The number of nitrogens with one attached hydrogen (secondary N) is 2. The van der Waals surface area contributed by atoms with Crippen molar-refractivity contribution in [2.75, 3.05) is 5.43 Å². The molecule has 0 bridgehead atoms. The van der Waals surface area contributed by atoms with E-state index < -0.39 is 5.91 Å². The van der Waals surface area contributed by atoms with Crippen molar-refractivity contribution in [2.24, 2.45) is 0 Å². The number of aromatic nitrogens is 2. The van der Waals surface area contributed by atoms with Gasteiger partial charge in [-0.05, 0) is 19.1 Å². The molecule has 2 heterocycles. The van der Waals surface area contributed by atoms with Crippen LogP contribution in [0.3, 0.4) is 0 Å². The fourth-order valence-corrected chi connectivity index (χ4v) is 3.28. The molecule has 26 heavy (non-hydrogen) atoms. The van der Waals surface area contributed by atoms with E-state index in [4.69, 9.17) is 50.9 Å². The van der Waals surface area contributed by atoms with Crippen molar-refractivity contribution in [1.82, 2.24) is 15.6 Å². The summed E-state index contributed by atoms with van der Waals surface area (Å²) in [6, 6.07) is 4.97. The van der Waals surface area contributed by atoms with Crippen LogP contribution in [0.4, 0.5) is 5.69 Å². The Morgan fingerprint density at radius 1 is 1.04 bits per heavy atom. The average Bonchev–Trinajstić information content (AvgIpc) is 2.95. The van der Waals surface area contributed by atoms with Gasteiger partial charge < -0.3 is 4.52 Å². The van der Waals surface area contributed by atoms with Crippen LogP contribution in [-0.2, 0) is 0 Å². The molecule has 1 amide bonds. The van der Waals surface area contributed by atoms with E-state index in [9.17, 15) is 4.79 Å². The second kappa shape index (κ2) is 7.72. The largest absolute Gasteiger partial charge is 0.360 e. The number of anilines is 1. The standard InChI is InChI=1S/C16H10Cl4N4O2/c1-7-12(15(24-26-7)13-8(17)3-2-4-9(13)18)16(25)23-22-14-10(19)5-21-6-11(14)20/h2-6H,1H3,(H,21,22)(H,23,25). The number of amides is 1. The number of hydrogen-bond donors (Lipinski definition) is 2. The van der Waals surface area contributed by atoms with Gasteiger partial charge in [0.1, 0.15) is 17.0 Å². The second-order valence-corrected chi connectivity index (χ2v) is 6.75. The number of hydrogen-bond acceptors (Lipinski definition) is 5. The highest BCUT2D eigenvalue weighted by molar-refractivity contribution is 6.40. The molecule has 6 nitrogen and oxygen atoms in total. The highest BCUT2D eigenvalue weighted by atomic mass is 35.5. The Hall–Kier alpha value is -1.99. The predicted octanol–water partition coefficient (Wildman–Crippen LogP) is 5.42. The van der Waals surface area contributed by atoms with Gasteiger partial charge in [-0.1, -0.05) is 57.6 Å². The minimum Gasteiger partial charge on any atom is -0.360 e. The summed E-state index contributed by atoms with van der Waals surface area (Å²) in [5, 5.41) is 5.10. The summed E-state index contributed by atoms with van der Waals surface area (Å²) >= 11 is 24.4. The summed E-state index contributed by atoms with van der Waals surface area (Å²) in [4.78, 5) is 16.5. The van der Waals surface area contributed by atoms with Gasteiger partial charge in [-0.25, -0.2) is 0 Å². The minimum absolute atomic E-state index is 0.175. The number of pyridine rings is 1. The van der Waals surface area contributed by atoms with Crippen molar-refractivity contribution in [3.05, 3.63) is 62.0 Å². The highest BCUT2D eigenvalue weighted by Gasteiger charge is 2.25. The molecule has 0 aliphatic rings. The Labute approximate surface area is 168 Å². The normalized spacial score (nSPS) is 10.7. The Kier molecular flexibility index (Phi) is 5.58. The van der Waals surface area contributed by atoms with E-state index in [2.05, 4.69) is 21.0 Å². The molecule has 0 saturated carbocycles. The van der Waals surface area contributed by atoms with Gasteiger partial charge in [0, 0.05) is 18.0 Å². The van der Waals surface area contributed by atoms with Gasteiger partial charge in [-0.3, -0.25) is 20.6 Å². The van der Waals surface area contributed by atoms with E-state index >= 15 is 0 Å². The summed E-state index contributed by atoms with van der Waals surface area (Å²) in [7, 11) is 0. The number of rotatable bonds is 4. The number of hydrazine groups is 1. The fraction of sp³-hybridized carbons (Fsp3) is 0.0625. The van der Waals surface area contributed by atoms with Crippen LogP contribution in [0, 0.1) is 6.92 Å². The van der Waals surface area contributed by atoms with E-state index in [-0.39, 0.29) is 21.3 Å². The number of carbonyl (C=O) groups is 1. The topological polar surface area (TPSA) is 80.0 Å². The van der Waals surface area contributed by atoms with Gasteiger partial charge in [0.2, 0.25) is 0 Å². The van der Waals surface area contributed by atoms with Gasteiger partial charge in [0.25, 0.3) is 5.91 Å². The van der Waals surface area contributed by atoms with E-state index in [0.29, 0.717) is 27.1 Å². The first kappa shape index (κ1) is 18.8. The first-order chi connectivity index (χ1) is 12.4. The molecule has 0 saturated heterocycles. The molecular weight excluding hydrogens is 422 g/mol. The van der Waals surface area contributed by atoms with Crippen molar-refractivity contribution in [3.8, 4) is 11.3 Å². The zero-order chi connectivity index (χ0) is 18.8. The van der Waals surface area contributed by atoms with E-state index in [0.717, 1.165) is 0 Å². The number of aryl methyl sites for hydroxylation is 1. The molecule has 2 N–H and O–H groups in total. The first-order valence-electron chi connectivity index (χ1n) is 7.16. The fourth-order valence-electron chi connectivity index (χ4n) is 2.25. The Balaban J connectivity index is 1.93. The number of carbonyl (C=O) groups excluding carboxylic acids is 1. The van der Waals surface area contributed by atoms with Crippen molar-refractivity contribution in [3.63, 3.8) is 0 Å². The third kappa shape index (κ3) is 3.59. The molecule has 10 heteroatoms. The molecule has 3 rings (SSSR count). The second-order valence-electron chi connectivity index (χ2n) is 5.12. The van der Waals surface area contributed by atoms with Crippen molar-refractivity contribution in [1.29, 1.82) is 0 Å². The maximum atomic E-state index is 12.7. The monoisotopic (exact) mass is 430 g/mol. The van der Waals surface area contributed by atoms with E-state index in [1.807, 2.05) is 0 Å². The first-order valence-corrected chi connectivity index (χ1v) is 8.67. The summed E-state index contributed by atoms with van der Waals surface area (Å²) < 4.78 is 5.16. The lowest BCUT2D eigenvalue weighted by molar-refractivity contribution is 0.0961. The van der Waals surface area contributed by atoms with Crippen LogP contribution in [-0.4, -0.2) is 16.0 Å². The van der Waals surface area contributed by atoms with Gasteiger partial charge in [-0.15, -0.1) is 0 Å². The minimum atomic E-state index is -0.529. The SMILES string of the molecule is Cc1onc(-c2c(Cl)cccc2Cl)c1C(=O)NNc1c(Cl)cncc1Cl. The lowest BCUT2D eigenvalue weighted by Crippen LogP contribution is -2.30. The Morgan fingerprint density at radius 3 is 2.27 bits per heavy atom. The summed E-state index contributed by atoms with van der Waals surface area (Å²) in [6.07, 6.45) is 2.78. The molecular formula is C16H10Cl4N4O2. The Morgan fingerprint density at radius 2 is 1.65 bits per heavy atom. The molecule has 0 radical (unpaired) electrons. The van der Waals surface area contributed by atoms with Gasteiger partial charge in [-0.2, -0.15) is 0 Å². The molecule has 3 aromatic rings. The maximum absolute atomic E-state index is 12.7. The maximum Gasteiger partial charge on any atom is 0.275 e. The van der Waals surface area contributed by atoms with Crippen LogP contribution in [0.25, 0.3) is 11.3 Å². The van der Waals surface area contributed by atoms with E-state index in [1.54, 1.807) is 25.1 Å². The van der Waals surface area contributed by atoms with Crippen LogP contribution in [0.5, 0.6) is 0 Å².